The van der Waals surface area contributed by atoms with E-state index in [2.05, 4.69) is 4.90 Å². The number of hydrogen-bond donors (Lipinski definition) is 1. The lowest BCUT2D eigenvalue weighted by Gasteiger charge is -2.46. The molecule has 1 N–H and O–H groups in total. The van der Waals surface area contributed by atoms with Crippen molar-refractivity contribution >= 4 is 15.8 Å². The van der Waals surface area contributed by atoms with Crippen LogP contribution >= 0.6 is 0 Å². The first kappa shape index (κ1) is 16.5. The molecular formula is C17H23NO4S. The SMILES string of the molecule is CC(Cc1ccccc1)(C(=O)O)S(=O)(=O)C1CN2CCC1CC2. The highest BCUT2D eigenvalue weighted by Crippen LogP contribution is 2.38. The van der Waals surface area contributed by atoms with Crippen LogP contribution in [0.2, 0.25) is 0 Å². The summed E-state index contributed by atoms with van der Waals surface area (Å²) in [5, 5.41) is 9.18. The van der Waals surface area contributed by atoms with Crippen LogP contribution in [0.1, 0.15) is 25.3 Å². The van der Waals surface area contributed by atoms with Gasteiger partial charge in [-0.3, -0.25) is 4.79 Å². The molecular weight excluding hydrogens is 314 g/mol. The smallest absolute Gasteiger partial charge is 0.325 e. The lowest BCUT2D eigenvalue weighted by molar-refractivity contribution is -0.139. The second-order valence-electron chi connectivity index (χ2n) is 6.92. The summed E-state index contributed by atoms with van der Waals surface area (Å²) in [4.78, 5) is 14.1. The molecule has 1 aromatic carbocycles. The zero-order valence-corrected chi connectivity index (χ0v) is 14.1. The van der Waals surface area contributed by atoms with E-state index < -0.39 is 25.8 Å². The Balaban J connectivity index is 1.94. The van der Waals surface area contributed by atoms with E-state index in [9.17, 15) is 18.3 Å². The lowest BCUT2D eigenvalue weighted by Crippen LogP contribution is -2.59. The average molecular weight is 337 g/mol. The van der Waals surface area contributed by atoms with Gasteiger partial charge in [-0.1, -0.05) is 30.3 Å². The van der Waals surface area contributed by atoms with Crippen LogP contribution in [0.5, 0.6) is 0 Å². The first-order valence-electron chi connectivity index (χ1n) is 8.08. The van der Waals surface area contributed by atoms with Crippen LogP contribution in [-0.2, 0) is 21.1 Å². The fourth-order valence-electron chi connectivity index (χ4n) is 3.88. The predicted molar refractivity (Wildman–Crippen MR) is 88.1 cm³/mol. The van der Waals surface area contributed by atoms with Crippen molar-refractivity contribution in [2.45, 2.75) is 36.2 Å². The van der Waals surface area contributed by atoms with Gasteiger partial charge in [0.25, 0.3) is 0 Å². The molecule has 4 rings (SSSR count). The Hall–Kier alpha value is -1.40. The van der Waals surface area contributed by atoms with Crippen LogP contribution in [0.3, 0.4) is 0 Å². The van der Waals surface area contributed by atoms with Crippen LogP contribution in [0.25, 0.3) is 0 Å². The molecule has 126 valence electrons. The van der Waals surface area contributed by atoms with Gasteiger partial charge in [0.2, 0.25) is 0 Å². The van der Waals surface area contributed by atoms with E-state index in [1.165, 1.54) is 6.92 Å². The maximum absolute atomic E-state index is 13.2. The Kier molecular flexibility index (Phi) is 4.23. The van der Waals surface area contributed by atoms with Crippen LogP contribution in [0, 0.1) is 5.92 Å². The van der Waals surface area contributed by atoms with Gasteiger partial charge in [-0.05, 0) is 44.3 Å². The standard InChI is InChI=1S/C17H23NO4S/c1-17(16(19)20,11-13-5-3-2-4-6-13)23(21,22)15-12-18-9-7-14(15)8-10-18/h2-6,14-15H,7-12H2,1H3,(H,19,20). The molecule has 0 aromatic heterocycles. The van der Waals surface area contributed by atoms with Gasteiger partial charge in [-0.2, -0.15) is 0 Å². The van der Waals surface area contributed by atoms with Crippen molar-refractivity contribution in [1.82, 2.24) is 4.90 Å². The Morgan fingerprint density at radius 2 is 1.87 bits per heavy atom. The summed E-state index contributed by atoms with van der Waals surface area (Å²) in [6.45, 7) is 3.71. The molecule has 5 nitrogen and oxygen atoms in total. The van der Waals surface area contributed by atoms with E-state index in [1.807, 2.05) is 6.07 Å². The number of carboxylic acids is 1. The number of piperidine rings is 3. The van der Waals surface area contributed by atoms with Gasteiger partial charge in [-0.15, -0.1) is 0 Å². The van der Waals surface area contributed by atoms with Crippen molar-refractivity contribution in [2.75, 3.05) is 19.6 Å². The van der Waals surface area contributed by atoms with Gasteiger partial charge in [0.05, 0.1) is 5.25 Å². The quantitative estimate of drug-likeness (QED) is 0.883. The fourth-order valence-corrected chi connectivity index (χ4v) is 6.35. The van der Waals surface area contributed by atoms with Gasteiger partial charge < -0.3 is 10.0 Å². The molecule has 2 bridgehead atoms. The number of aliphatic carboxylic acids is 1. The van der Waals surface area contributed by atoms with Gasteiger partial charge in [0, 0.05) is 13.0 Å². The molecule has 2 unspecified atom stereocenters. The molecule has 0 amide bonds. The van der Waals surface area contributed by atoms with Crippen molar-refractivity contribution in [2.24, 2.45) is 5.92 Å². The zero-order valence-electron chi connectivity index (χ0n) is 13.3. The van der Waals surface area contributed by atoms with E-state index in [4.69, 9.17) is 0 Å². The number of nitrogens with zero attached hydrogens (tertiary/aromatic N) is 1. The molecule has 0 radical (unpaired) electrons. The van der Waals surface area contributed by atoms with Crippen molar-refractivity contribution < 1.29 is 18.3 Å². The molecule has 3 aliphatic heterocycles. The van der Waals surface area contributed by atoms with Crippen LogP contribution in [0.4, 0.5) is 0 Å². The molecule has 2 atom stereocenters. The maximum atomic E-state index is 13.2. The molecule has 3 aliphatic rings. The number of sulfone groups is 1. The average Bonchev–Trinajstić information content (AvgIpc) is 2.56. The minimum atomic E-state index is -3.79. The molecule has 0 aliphatic carbocycles. The minimum Gasteiger partial charge on any atom is -0.480 e. The Morgan fingerprint density at radius 1 is 1.26 bits per heavy atom. The normalized spacial score (nSPS) is 29.9. The molecule has 1 aromatic rings. The van der Waals surface area contributed by atoms with Crippen molar-refractivity contribution in [3.8, 4) is 0 Å². The molecule has 6 heteroatoms. The lowest BCUT2D eigenvalue weighted by atomic mass is 9.88. The monoisotopic (exact) mass is 337 g/mol. The fraction of sp³-hybridized carbons (Fsp3) is 0.588. The van der Waals surface area contributed by atoms with E-state index in [1.54, 1.807) is 24.3 Å². The molecule has 3 heterocycles. The Labute approximate surface area is 137 Å². The summed E-state index contributed by atoms with van der Waals surface area (Å²) in [6.07, 6.45) is 1.71. The summed E-state index contributed by atoms with van der Waals surface area (Å²) in [5.74, 6) is -1.16. The highest BCUT2D eigenvalue weighted by molar-refractivity contribution is 7.94. The first-order chi connectivity index (χ1) is 10.8. The minimum absolute atomic E-state index is 0.00866. The first-order valence-corrected chi connectivity index (χ1v) is 9.62. The Bertz CT molecular complexity index is 680. The van der Waals surface area contributed by atoms with E-state index in [0.29, 0.717) is 6.54 Å². The van der Waals surface area contributed by atoms with Gasteiger partial charge in [0.1, 0.15) is 0 Å². The van der Waals surface area contributed by atoms with Crippen molar-refractivity contribution in [1.29, 1.82) is 0 Å². The molecule has 0 saturated carbocycles. The highest BCUT2D eigenvalue weighted by atomic mass is 32.2. The number of carboxylic acid groups (broad SMARTS) is 1. The maximum Gasteiger partial charge on any atom is 0.325 e. The van der Waals surface area contributed by atoms with Crippen molar-refractivity contribution in [3.05, 3.63) is 35.9 Å². The number of benzene rings is 1. The molecule has 3 fully saturated rings. The van der Waals surface area contributed by atoms with Gasteiger partial charge in [0.15, 0.2) is 14.6 Å². The van der Waals surface area contributed by atoms with Crippen LogP contribution in [0.15, 0.2) is 30.3 Å². The molecule has 3 saturated heterocycles. The van der Waals surface area contributed by atoms with Crippen LogP contribution < -0.4 is 0 Å². The van der Waals surface area contributed by atoms with E-state index in [-0.39, 0.29) is 12.3 Å². The number of fused-ring (bicyclic) bond motifs is 3. The summed E-state index contributed by atoms with van der Waals surface area (Å²) in [5.41, 5.74) is 0.738. The Morgan fingerprint density at radius 3 is 2.35 bits per heavy atom. The largest absolute Gasteiger partial charge is 0.480 e. The second kappa shape index (κ2) is 5.91. The summed E-state index contributed by atoms with van der Waals surface area (Å²) < 4.78 is 24.7. The van der Waals surface area contributed by atoms with E-state index in [0.717, 1.165) is 31.5 Å². The molecule has 23 heavy (non-hydrogen) atoms. The summed E-state index contributed by atoms with van der Waals surface area (Å²) in [7, 11) is -3.79. The van der Waals surface area contributed by atoms with Gasteiger partial charge >= 0.3 is 5.97 Å². The molecule has 0 spiro atoms. The number of rotatable bonds is 5. The van der Waals surface area contributed by atoms with Gasteiger partial charge in [-0.25, -0.2) is 8.42 Å². The third-order valence-electron chi connectivity index (χ3n) is 5.46. The third-order valence-corrected chi connectivity index (χ3v) is 8.37. The second-order valence-corrected chi connectivity index (χ2v) is 9.52. The summed E-state index contributed by atoms with van der Waals surface area (Å²) >= 11 is 0. The zero-order chi connectivity index (χ0) is 16.7. The van der Waals surface area contributed by atoms with Crippen molar-refractivity contribution in [3.63, 3.8) is 0 Å². The highest BCUT2D eigenvalue weighted by Gasteiger charge is 2.54. The number of carbonyl (C=O) groups is 1. The summed E-state index contributed by atoms with van der Waals surface area (Å²) in [6, 6.07) is 9.01. The number of hydrogen-bond acceptors (Lipinski definition) is 4. The third kappa shape index (κ3) is 2.78. The predicted octanol–water partition coefficient (Wildman–Crippen LogP) is 1.58. The topological polar surface area (TPSA) is 74.7 Å². The van der Waals surface area contributed by atoms with Crippen LogP contribution in [-0.4, -0.2) is 54.0 Å². The van der Waals surface area contributed by atoms with E-state index >= 15 is 0 Å².